The van der Waals surface area contributed by atoms with Gasteiger partial charge in [-0.05, 0) is 37.1 Å². The van der Waals surface area contributed by atoms with E-state index in [9.17, 15) is 14.4 Å². The fourth-order valence-electron chi connectivity index (χ4n) is 2.04. The van der Waals surface area contributed by atoms with Crippen LogP contribution in [0.4, 0.5) is 0 Å². The minimum atomic E-state index is -1.09. The maximum Gasteiger partial charge on any atom is 0.323 e. The van der Waals surface area contributed by atoms with Crippen LogP contribution >= 0.6 is 11.6 Å². The summed E-state index contributed by atoms with van der Waals surface area (Å²) in [4.78, 5) is 36.8. The first-order chi connectivity index (χ1) is 10.8. The molecule has 126 valence electrons. The molecule has 0 aliphatic heterocycles. The molecule has 2 amide bonds. The van der Waals surface area contributed by atoms with E-state index in [0.717, 1.165) is 0 Å². The largest absolute Gasteiger partial charge is 0.480 e. The monoisotopic (exact) mass is 340 g/mol. The smallest absolute Gasteiger partial charge is 0.323 e. The van der Waals surface area contributed by atoms with Crippen LogP contribution in [0.3, 0.4) is 0 Å². The Hall–Kier alpha value is -2.08. The zero-order valence-corrected chi connectivity index (χ0v) is 14.1. The molecule has 0 aromatic heterocycles. The number of rotatable bonds is 7. The summed E-state index contributed by atoms with van der Waals surface area (Å²) in [5.74, 6) is -2.08. The molecule has 2 N–H and O–H groups in total. The van der Waals surface area contributed by atoms with Gasteiger partial charge in [-0.2, -0.15) is 0 Å². The van der Waals surface area contributed by atoms with Gasteiger partial charge in [-0.3, -0.25) is 14.4 Å². The lowest BCUT2D eigenvalue weighted by atomic mass is 10.0. The van der Waals surface area contributed by atoms with Crippen LogP contribution in [0.5, 0.6) is 0 Å². The van der Waals surface area contributed by atoms with Gasteiger partial charge in [0.05, 0.1) is 0 Å². The van der Waals surface area contributed by atoms with Crippen LogP contribution in [0.15, 0.2) is 24.3 Å². The van der Waals surface area contributed by atoms with Crippen molar-refractivity contribution in [3.63, 3.8) is 0 Å². The highest BCUT2D eigenvalue weighted by atomic mass is 35.5. The molecule has 0 saturated carbocycles. The van der Waals surface area contributed by atoms with Gasteiger partial charge in [-0.1, -0.05) is 25.4 Å². The number of amides is 2. The zero-order chi connectivity index (χ0) is 17.6. The Morgan fingerprint density at radius 1 is 1.22 bits per heavy atom. The first-order valence-corrected chi connectivity index (χ1v) is 7.71. The molecule has 0 aliphatic rings. The summed E-state index contributed by atoms with van der Waals surface area (Å²) in [5, 5.41) is 12.1. The molecule has 1 unspecified atom stereocenters. The molecule has 1 aromatic carbocycles. The lowest BCUT2D eigenvalue weighted by molar-refractivity contribution is -0.145. The third kappa shape index (κ3) is 5.56. The van der Waals surface area contributed by atoms with Crippen molar-refractivity contribution in [3.8, 4) is 0 Å². The molecule has 0 aliphatic carbocycles. The summed E-state index contributed by atoms with van der Waals surface area (Å²) in [6, 6.07) is 5.51. The number of nitrogens with zero attached hydrogens (tertiary/aromatic N) is 1. The molecule has 0 spiro atoms. The molecule has 1 aromatic rings. The van der Waals surface area contributed by atoms with Crippen molar-refractivity contribution in [1.29, 1.82) is 0 Å². The Morgan fingerprint density at radius 2 is 1.78 bits per heavy atom. The number of likely N-dealkylation sites (N-methyl/N-ethyl adjacent to an activating group) is 1. The number of carbonyl (C=O) groups excluding carboxylic acids is 2. The number of carboxylic acid groups (broad SMARTS) is 1. The van der Waals surface area contributed by atoms with Crippen molar-refractivity contribution >= 4 is 29.4 Å². The highest BCUT2D eigenvalue weighted by molar-refractivity contribution is 6.30. The summed E-state index contributed by atoms with van der Waals surface area (Å²) in [6.07, 6.45) is 0. The van der Waals surface area contributed by atoms with Crippen molar-refractivity contribution < 1.29 is 19.5 Å². The number of hydrogen-bond acceptors (Lipinski definition) is 3. The standard InChI is InChI=1S/C16H21ClN2O4/c1-4-19(9-13(20)21)16(23)14(10(2)3)18-15(22)11-5-7-12(17)8-6-11/h5-8,10,14H,4,9H2,1-3H3,(H,18,22)(H,20,21). The van der Waals surface area contributed by atoms with Gasteiger partial charge < -0.3 is 15.3 Å². The summed E-state index contributed by atoms with van der Waals surface area (Å²) in [6.45, 7) is 5.14. The van der Waals surface area contributed by atoms with E-state index in [1.807, 2.05) is 0 Å². The number of aliphatic carboxylic acids is 1. The minimum Gasteiger partial charge on any atom is -0.480 e. The topological polar surface area (TPSA) is 86.7 Å². The summed E-state index contributed by atoms with van der Waals surface area (Å²) < 4.78 is 0. The number of benzene rings is 1. The molecule has 0 saturated heterocycles. The molecular formula is C16H21ClN2O4. The lowest BCUT2D eigenvalue weighted by Gasteiger charge is -2.28. The molecule has 7 heteroatoms. The van der Waals surface area contributed by atoms with Crippen LogP contribution in [0, 0.1) is 5.92 Å². The third-order valence-corrected chi connectivity index (χ3v) is 3.60. The molecule has 0 bridgehead atoms. The molecule has 1 rings (SSSR count). The Bertz CT molecular complexity index is 572. The summed E-state index contributed by atoms with van der Waals surface area (Å²) >= 11 is 5.78. The van der Waals surface area contributed by atoms with Gasteiger partial charge in [0.25, 0.3) is 5.91 Å². The molecule has 0 heterocycles. The minimum absolute atomic E-state index is 0.179. The van der Waals surface area contributed by atoms with E-state index in [2.05, 4.69) is 5.32 Å². The van der Waals surface area contributed by atoms with Crippen LogP contribution in [0.25, 0.3) is 0 Å². The molecule has 0 radical (unpaired) electrons. The second kappa shape index (κ2) is 8.53. The van der Waals surface area contributed by atoms with E-state index in [-0.39, 0.29) is 12.5 Å². The van der Waals surface area contributed by atoms with E-state index in [4.69, 9.17) is 16.7 Å². The SMILES string of the molecule is CCN(CC(=O)O)C(=O)C(NC(=O)c1ccc(Cl)cc1)C(C)C. The van der Waals surface area contributed by atoms with Crippen LogP contribution in [0.2, 0.25) is 5.02 Å². The van der Waals surface area contributed by atoms with Gasteiger partial charge in [-0.15, -0.1) is 0 Å². The van der Waals surface area contributed by atoms with E-state index in [1.54, 1.807) is 45.0 Å². The maximum absolute atomic E-state index is 12.5. The lowest BCUT2D eigenvalue weighted by Crippen LogP contribution is -2.52. The number of halogens is 1. The van der Waals surface area contributed by atoms with Crippen molar-refractivity contribution in [1.82, 2.24) is 10.2 Å². The van der Waals surface area contributed by atoms with Crippen LogP contribution < -0.4 is 5.32 Å². The van der Waals surface area contributed by atoms with E-state index >= 15 is 0 Å². The van der Waals surface area contributed by atoms with E-state index < -0.39 is 30.4 Å². The van der Waals surface area contributed by atoms with Crippen LogP contribution in [-0.4, -0.2) is 46.9 Å². The highest BCUT2D eigenvalue weighted by Gasteiger charge is 2.29. The summed E-state index contributed by atoms with van der Waals surface area (Å²) in [5.41, 5.74) is 0.383. The highest BCUT2D eigenvalue weighted by Crippen LogP contribution is 2.12. The average molecular weight is 341 g/mol. The molecule has 0 fully saturated rings. The Balaban J connectivity index is 2.89. The number of nitrogens with one attached hydrogen (secondary N) is 1. The van der Waals surface area contributed by atoms with Crippen LogP contribution in [-0.2, 0) is 9.59 Å². The predicted octanol–water partition coefficient (Wildman–Crippen LogP) is 2.03. The molecule has 1 atom stereocenters. The number of carbonyl (C=O) groups is 3. The maximum atomic E-state index is 12.5. The summed E-state index contributed by atoms with van der Waals surface area (Å²) in [7, 11) is 0. The Labute approximate surface area is 140 Å². The third-order valence-electron chi connectivity index (χ3n) is 3.35. The fourth-order valence-corrected chi connectivity index (χ4v) is 2.17. The van der Waals surface area contributed by atoms with Crippen molar-refractivity contribution in [3.05, 3.63) is 34.9 Å². The second-order valence-corrected chi connectivity index (χ2v) is 5.88. The average Bonchev–Trinajstić information content (AvgIpc) is 2.49. The first kappa shape index (κ1) is 19.0. The van der Waals surface area contributed by atoms with Gasteiger partial charge in [0.1, 0.15) is 12.6 Å². The van der Waals surface area contributed by atoms with E-state index in [1.165, 1.54) is 4.90 Å². The van der Waals surface area contributed by atoms with Gasteiger partial charge in [0.2, 0.25) is 5.91 Å². The van der Waals surface area contributed by atoms with Crippen molar-refractivity contribution in [2.24, 2.45) is 5.92 Å². The van der Waals surface area contributed by atoms with Gasteiger partial charge >= 0.3 is 5.97 Å². The predicted molar refractivity (Wildman–Crippen MR) is 87.4 cm³/mol. The van der Waals surface area contributed by atoms with Gasteiger partial charge in [-0.25, -0.2) is 0 Å². The first-order valence-electron chi connectivity index (χ1n) is 7.33. The van der Waals surface area contributed by atoms with Gasteiger partial charge in [0, 0.05) is 17.1 Å². The molecule has 6 nitrogen and oxygen atoms in total. The molecular weight excluding hydrogens is 320 g/mol. The molecule has 23 heavy (non-hydrogen) atoms. The van der Waals surface area contributed by atoms with Gasteiger partial charge in [0.15, 0.2) is 0 Å². The Morgan fingerprint density at radius 3 is 2.22 bits per heavy atom. The quantitative estimate of drug-likeness (QED) is 0.795. The fraction of sp³-hybridized carbons (Fsp3) is 0.438. The Kier molecular flexibility index (Phi) is 7.03. The number of hydrogen-bond donors (Lipinski definition) is 2. The van der Waals surface area contributed by atoms with Crippen molar-refractivity contribution in [2.45, 2.75) is 26.8 Å². The second-order valence-electron chi connectivity index (χ2n) is 5.45. The van der Waals surface area contributed by atoms with Crippen LogP contribution in [0.1, 0.15) is 31.1 Å². The normalized spacial score (nSPS) is 11.9. The number of carboxylic acids is 1. The van der Waals surface area contributed by atoms with E-state index in [0.29, 0.717) is 10.6 Å². The van der Waals surface area contributed by atoms with Crippen molar-refractivity contribution in [2.75, 3.05) is 13.1 Å². The zero-order valence-electron chi connectivity index (χ0n) is 13.4.